The molecule has 3 aromatic rings. The van der Waals surface area contributed by atoms with Crippen LogP contribution in [0.25, 0.3) is 11.1 Å². The number of rotatable bonds is 7. The molecule has 0 aliphatic rings. The van der Waals surface area contributed by atoms with Crippen LogP contribution in [0.2, 0.25) is 0 Å². The molecule has 0 radical (unpaired) electrons. The monoisotopic (exact) mass is 424 g/mol. The Morgan fingerprint density at radius 3 is 2.03 bits per heavy atom. The number of phenolic OH excluding ortho intramolecular Hbond substituents is 1. The zero-order valence-corrected chi connectivity index (χ0v) is 18.8. The number of thioether (sulfide) groups is 1. The molecule has 158 valence electrons. The van der Waals surface area contributed by atoms with Crippen molar-refractivity contribution in [3.05, 3.63) is 82.7 Å². The molecular formula is C26H29FO2S. The average Bonchev–Trinajstić information content (AvgIpc) is 2.72. The molecule has 4 heteroatoms. The minimum atomic E-state index is -0.249. The van der Waals surface area contributed by atoms with Crippen LogP contribution >= 0.6 is 11.8 Å². The first kappa shape index (κ1) is 22.4. The number of hydrogen-bond donors (Lipinski definition) is 2. The Balaban J connectivity index is 2.23. The van der Waals surface area contributed by atoms with Gasteiger partial charge in [0.05, 0.1) is 6.61 Å². The number of aromatic hydroxyl groups is 1. The van der Waals surface area contributed by atoms with Gasteiger partial charge in [0, 0.05) is 16.2 Å². The highest BCUT2D eigenvalue weighted by atomic mass is 32.2. The number of halogens is 1. The van der Waals surface area contributed by atoms with Crippen LogP contribution in [0, 0.1) is 5.82 Å². The van der Waals surface area contributed by atoms with Gasteiger partial charge in [0.2, 0.25) is 0 Å². The number of phenols is 1. The molecule has 0 atom stereocenters. The molecule has 0 aromatic heterocycles. The van der Waals surface area contributed by atoms with E-state index in [1.165, 1.54) is 17.7 Å². The highest BCUT2D eigenvalue weighted by Crippen LogP contribution is 2.43. The summed E-state index contributed by atoms with van der Waals surface area (Å²) in [7, 11) is 0. The van der Waals surface area contributed by atoms with E-state index in [1.807, 2.05) is 12.1 Å². The largest absolute Gasteiger partial charge is 0.507 e. The maximum Gasteiger partial charge on any atom is 0.123 e. The second-order valence-electron chi connectivity index (χ2n) is 8.11. The van der Waals surface area contributed by atoms with Crippen LogP contribution < -0.4 is 0 Å². The van der Waals surface area contributed by atoms with Crippen molar-refractivity contribution >= 4 is 11.8 Å². The van der Waals surface area contributed by atoms with Crippen molar-refractivity contribution in [3.8, 4) is 16.9 Å². The summed E-state index contributed by atoms with van der Waals surface area (Å²) in [4.78, 5) is 0.979. The van der Waals surface area contributed by atoms with Crippen LogP contribution in [-0.4, -0.2) is 10.2 Å². The second-order valence-corrected chi connectivity index (χ2v) is 9.16. The van der Waals surface area contributed by atoms with E-state index >= 15 is 0 Å². The van der Waals surface area contributed by atoms with Gasteiger partial charge in [0.15, 0.2) is 0 Å². The van der Waals surface area contributed by atoms with Crippen LogP contribution in [0.1, 0.15) is 61.8 Å². The molecule has 0 saturated carbocycles. The van der Waals surface area contributed by atoms with Crippen LogP contribution in [0.15, 0.2) is 59.5 Å². The molecule has 0 aliphatic carbocycles. The van der Waals surface area contributed by atoms with Gasteiger partial charge in [0.25, 0.3) is 0 Å². The molecule has 2 N–H and O–H groups in total. The van der Waals surface area contributed by atoms with E-state index in [0.717, 1.165) is 32.7 Å². The van der Waals surface area contributed by atoms with Gasteiger partial charge in [0.1, 0.15) is 11.6 Å². The van der Waals surface area contributed by atoms with Gasteiger partial charge in [-0.1, -0.05) is 52.0 Å². The maximum absolute atomic E-state index is 13.3. The van der Waals surface area contributed by atoms with Crippen molar-refractivity contribution in [2.75, 3.05) is 0 Å². The van der Waals surface area contributed by atoms with Crippen LogP contribution in [0.4, 0.5) is 4.39 Å². The molecular weight excluding hydrogens is 395 g/mol. The van der Waals surface area contributed by atoms with Gasteiger partial charge < -0.3 is 10.2 Å². The summed E-state index contributed by atoms with van der Waals surface area (Å²) in [5.74, 6) is 1.14. The molecule has 0 spiro atoms. The third-order valence-electron chi connectivity index (χ3n) is 5.38. The lowest BCUT2D eigenvalue weighted by Gasteiger charge is -2.25. The molecule has 0 amide bonds. The SMILES string of the molecule is CC(C)c1cc(C(C)C)c(CSc2ccc(F)cc2)c(-c2ccccc2O)c1CO. The van der Waals surface area contributed by atoms with E-state index in [1.54, 1.807) is 36.0 Å². The van der Waals surface area contributed by atoms with Crippen LogP contribution in [0.5, 0.6) is 5.75 Å². The third kappa shape index (κ3) is 4.71. The van der Waals surface area contributed by atoms with Crippen molar-refractivity contribution in [3.63, 3.8) is 0 Å². The lowest BCUT2D eigenvalue weighted by molar-refractivity contribution is 0.280. The second kappa shape index (κ2) is 9.67. The molecule has 0 aliphatic heterocycles. The molecule has 3 rings (SSSR count). The Morgan fingerprint density at radius 1 is 0.867 bits per heavy atom. The normalized spacial score (nSPS) is 11.5. The van der Waals surface area contributed by atoms with Crippen LogP contribution in [0.3, 0.4) is 0 Å². The molecule has 0 fully saturated rings. The van der Waals surface area contributed by atoms with Crippen molar-refractivity contribution in [2.24, 2.45) is 0 Å². The first-order valence-electron chi connectivity index (χ1n) is 10.3. The quantitative estimate of drug-likeness (QED) is 0.393. The Labute approximate surface area is 182 Å². The zero-order valence-electron chi connectivity index (χ0n) is 17.9. The fraction of sp³-hybridized carbons (Fsp3) is 0.308. The number of hydrogen-bond acceptors (Lipinski definition) is 3. The molecule has 0 bridgehead atoms. The van der Waals surface area contributed by atoms with Gasteiger partial charge in [-0.15, -0.1) is 11.8 Å². The van der Waals surface area contributed by atoms with Gasteiger partial charge in [-0.3, -0.25) is 0 Å². The lowest BCUT2D eigenvalue weighted by Crippen LogP contribution is -2.08. The summed E-state index contributed by atoms with van der Waals surface area (Å²) in [5.41, 5.74) is 5.94. The van der Waals surface area contributed by atoms with Crippen molar-refractivity contribution < 1.29 is 14.6 Å². The molecule has 30 heavy (non-hydrogen) atoms. The molecule has 0 saturated heterocycles. The molecule has 0 unspecified atom stereocenters. The summed E-state index contributed by atoms with van der Waals surface area (Å²) >= 11 is 1.63. The Bertz CT molecular complexity index is 1010. The van der Waals surface area contributed by atoms with Crippen molar-refractivity contribution in [2.45, 2.75) is 56.8 Å². The fourth-order valence-corrected chi connectivity index (χ4v) is 4.82. The standard InChI is InChI=1S/C26H29FO2S/c1-16(2)21-13-22(17(3)4)24(15-30-19-11-9-18(27)10-12-19)26(23(21)14-28)20-7-5-6-8-25(20)29/h5-13,16-17,28-29H,14-15H2,1-4H3. The minimum Gasteiger partial charge on any atom is -0.507 e. The Kier molecular flexibility index (Phi) is 7.22. The van der Waals surface area contributed by atoms with Crippen molar-refractivity contribution in [1.29, 1.82) is 0 Å². The highest BCUT2D eigenvalue weighted by molar-refractivity contribution is 7.98. The first-order valence-corrected chi connectivity index (χ1v) is 11.3. The molecule has 3 aromatic carbocycles. The van der Waals surface area contributed by atoms with E-state index in [0.29, 0.717) is 5.75 Å². The number of aliphatic hydroxyl groups excluding tert-OH is 1. The number of benzene rings is 3. The van der Waals surface area contributed by atoms with Gasteiger partial charge >= 0.3 is 0 Å². The Hall–Kier alpha value is -2.30. The van der Waals surface area contributed by atoms with Gasteiger partial charge in [-0.2, -0.15) is 0 Å². The summed E-state index contributed by atoms with van der Waals surface area (Å²) < 4.78 is 13.3. The molecule has 0 heterocycles. The van der Waals surface area contributed by atoms with E-state index in [2.05, 4.69) is 33.8 Å². The zero-order chi connectivity index (χ0) is 21.8. The Morgan fingerprint density at radius 2 is 1.47 bits per heavy atom. The summed E-state index contributed by atoms with van der Waals surface area (Å²) in [5, 5.41) is 21.0. The van der Waals surface area contributed by atoms with E-state index in [-0.39, 0.29) is 30.0 Å². The predicted octanol–water partition coefficient (Wildman–Crippen LogP) is 7.23. The lowest BCUT2D eigenvalue weighted by atomic mass is 9.82. The highest BCUT2D eigenvalue weighted by Gasteiger charge is 2.23. The van der Waals surface area contributed by atoms with Crippen LogP contribution in [-0.2, 0) is 12.4 Å². The molecule has 2 nitrogen and oxygen atoms in total. The maximum atomic E-state index is 13.3. The van der Waals surface area contributed by atoms with E-state index < -0.39 is 0 Å². The topological polar surface area (TPSA) is 40.5 Å². The average molecular weight is 425 g/mol. The third-order valence-corrected chi connectivity index (χ3v) is 6.42. The summed E-state index contributed by atoms with van der Waals surface area (Å²) in [6.07, 6.45) is 0. The van der Waals surface area contributed by atoms with E-state index in [4.69, 9.17) is 0 Å². The van der Waals surface area contributed by atoms with Crippen molar-refractivity contribution in [1.82, 2.24) is 0 Å². The smallest absolute Gasteiger partial charge is 0.123 e. The summed E-state index contributed by atoms with van der Waals surface area (Å²) in [6, 6.07) is 16.0. The van der Waals surface area contributed by atoms with Gasteiger partial charge in [-0.25, -0.2) is 4.39 Å². The minimum absolute atomic E-state index is 0.0935. The first-order chi connectivity index (χ1) is 14.3. The number of aliphatic hydroxyl groups is 1. The van der Waals surface area contributed by atoms with Gasteiger partial charge in [-0.05, 0) is 70.0 Å². The summed E-state index contributed by atoms with van der Waals surface area (Å²) in [6.45, 7) is 8.49. The van der Waals surface area contributed by atoms with E-state index in [9.17, 15) is 14.6 Å². The fourth-order valence-electron chi connectivity index (χ4n) is 3.87. The number of para-hydroxylation sites is 1. The predicted molar refractivity (Wildman–Crippen MR) is 124 cm³/mol.